The fraction of sp³-hybridized carbons (Fsp3) is 0.727. The van der Waals surface area contributed by atoms with Crippen molar-refractivity contribution >= 4 is 29.7 Å². The van der Waals surface area contributed by atoms with E-state index in [1.54, 1.807) is 0 Å². The summed E-state index contributed by atoms with van der Waals surface area (Å²) in [5, 5.41) is 9.81. The molecule has 0 bridgehead atoms. The van der Waals surface area contributed by atoms with E-state index in [0.717, 1.165) is 11.8 Å². The standard InChI is InChI=1S/C11H16O7S/c1-5(12)16-8-4-19-11(15)10(18-7(3)14)9(8)17-6(2)13/h8-11,15H,4H2,1-3H3/t8-,9+,10-,11?/m1/s1. The molecule has 4 atom stereocenters. The van der Waals surface area contributed by atoms with E-state index in [0.29, 0.717) is 0 Å². The highest BCUT2D eigenvalue weighted by atomic mass is 32.2. The monoisotopic (exact) mass is 292 g/mol. The molecule has 0 saturated carbocycles. The molecule has 1 aliphatic rings. The zero-order valence-corrected chi connectivity index (χ0v) is 11.6. The summed E-state index contributed by atoms with van der Waals surface area (Å²) in [6.45, 7) is 3.59. The van der Waals surface area contributed by atoms with Crippen molar-refractivity contribution in [2.45, 2.75) is 44.5 Å². The zero-order chi connectivity index (χ0) is 14.6. The first-order valence-corrected chi connectivity index (χ1v) is 6.67. The first kappa shape index (κ1) is 15.8. The first-order chi connectivity index (χ1) is 8.81. The molecule has 0 amide bonds. The summed E-state index contributed by atoms with van der Waals surface area (Å²) in [6, 6.07) is 0. The third-order valence-electron chi connectivity index (χ3n) is 2.32. The Morgan fingerprint density at radius 3 is 1.89 bits per heavy atom. The summed E-state index contributed by atoms with van der Waals surface area (Å²) < 4.78 is 15.0. The minimum atomic E-state index is -1.07. The third kappa shape index (κ3) is 4.71. The predicted molar refractivity (Wildman–Crippen MR) is 65.1 cm³/mol. The van der Waals surface area contributed by atoms with Crippen LogP contribution in [-0.4, -0.2) is 52.5 Å². The third-order valence-corrected chi connectivity index (χ3v) is 3.45. The van der Waals surface area contributed by atoms with E-state index >= 15 is 0 Å². The van der Waals surface area contributed by atoms with Gasteiger partial charge in [0.05, 0.1) is 0 Å². The Bertz CT molecular complexity index is 370. The predicted octanol–water partition coefficient (Wildman–Crippen LogP) is -0.153. The molecule has 1 fully saturated rings. The summed E-state index contributed by atoms with van der Waals surface area (Å²) in [6.07, 6.45) is -2.84. The number of esters is 3. The van der Waals surface area contributed by atoms with Crippen molar-refractivity contribution < 1.29 is 33.7 Å². The lowest BCUT2D eigenvalue weighted by molar-refractivity contribution is -0.187. The van der Waals surface area contributed by atoms with E-state index in [1.807, 2.05) is 0 Å². The number of ether oxygens (including phenoxy) is 3. The van der Waals surface area contributed by atoms with E-state index < -0.39 is 41.7 Å². The Labute approximate surface area is 114 Å². The molecule has 108 valence electrons. The molecule has 1 aliphatic heterocycles. The molecular formula is C11H16O7S. The molecule has 1 heterocycles. The lowest BCUT2D eigenvalue weighted by atomic mass is 10.1. The number of hydrogen-bond donors (Lipinski definition) is 1. The van der Waals surface area contributed by atoms with Crippen LogP contribution in [0.2, 0.25) is 0 Å². The van der Waals surface area contributed by atoms with Crippen LogP contribution < -0.4 is 0 Å². The molecule has 8 heteroatoms. The Balaban J connectivity index is 2.89. The highest BCUT2D eigenvalue weighted by Gasteiger charge is 2.45. The van der Waals surface area contributed by atoms with E-state index in [2.05, 4.69) is 0 Å². The van der Waals surface area contributed by atoms with Crippen molar-refractivity contribution in [1.29, 1.82) is 0 Å². The van der Waals surface area contributed by atoms with Crippen molar-refractivity contribution in [2.75, 3.05) is 5.75 Å². The Hall–Kier alpha value is -1.28. The molecule has 19 heavy (non-hydrogen) atoms. The molecule has 0 aromatic carbocycles. The van der Waals surface area contributed by atoms with E-state index in [-0.39, 0.29) is 5.75 Å². The van der Waals surface area contributed by atoms with Crippen molar-refractivity contribution in [3.63, 3.8) is 0 Å². The molecule has 0 radical (unpaired) electrons. The van der Waals surface area contributed by atoms with E-state index in [9.17, 15) is 19.5 Å². The Morgan fingerprint density at radius 1 is 0.947 bits per heavy atom. The summed E-state index contributed by atoms with van der Waals surface area (Å²) in [5.74, 6) is -1.53. The van der Waals surface area contributed by atoms with Gasteiger partial charge in [0.15, 0.2) is 18.3 Å². The normalized spacial score (nSPS) is 30.3. The largest absolute Gasteiger partial charge is 0.458 e. The maximum absolute atomic E-state index is 11.1. The van der Waals surface area contributed by atoms with Gasteiger partial charge in [-0.15, -0.1) is 11.8 Å². The van der Waals surface area contributed by atoms with Crippen molar-refractivity contribution in [3.05, 3.63) is 0 Å². The van der Waals surface area contributed by atoms with Gasteiger partial charge in [0, 0.05) is 26.5 Å². The summed E-state index contributed by atoms with van der Waals surface area (Å²) in [4.78, 5) is 33.1. The van der Waals surface area contributed by atoms with Crippen LogP contribution in [0.25, 0.3) is 0 Å². The van der Waals surface area contributed by atoms with Gasteiger partial charge in [-0.3, -0.25) is 14.4 Å². The molecule has 0 spiro atoms. The molecular weight excluding hydrogens is 276 g/mol. The smallest absolute Gasteiger partial charge is 0.303 e. The molecule has 0 aromatic heterocycles. The highest BCUT2D eigenvalue weighted by Crippen LogP contribution is 2.30. The van der Waals surface area contributed by atoms with Crippen molar-refractivity contribution in [2.24, 2.45) is 0 Å². The van der Waals surface area contributed by atoms with Crippen LogP contribution in [0.15, 0.2) is 0 Å². The zero-order valence-electron chi connectivity index (χ0n) is 10.8. The van der Waals surface area contributed by atoms with Gasteiger partial charge in [-0.2, -0.15) is 0 Å². The van der Waals surface area contributed by atoms with Crippen LogP contribution in [0, 0.1) is 0 Å². The average molecular weight is 292 g/mol. The Kier molecular flexibility index (Phi) is 5.61. The van der Waals surface area contributed by atoms with Gasteiger partial charge in [0.2, 0.25) is 0 Å². The number of hydrogen-bond acceptors (Lipinski definition) is 8. The minimum absolute atomic E-state index is 0.246. The van der Waals surface area contributed by atoms with Crippen LogP contribution in [0.1, 0.15) is 20.8 Å². The average Bonchev–Trinajstić information content (AvgIpc) is 2.25. The fourth-order valence-corrected chi connectivity index (χ4v) is 2.77. The second-order valence-corrected chi connectivity index (χ2v) is 5.17. The first-order valence-electron chi connectivity index (χ1n) is 5.62. The number of thioether (sulfide) groups is 1. The second kappa shape index (κ2) is 6.76. The van der Waals surface area contributed by atoms with Gasteiger partial charge in [-0.1, -0.05) is 0 Å². The number of carbonyl (C=O) groups is 3. The number of aliphatic hydroxyl groups is 1. The maximum atomic E-state index is 11.1. The van der Waals surface area contributed by atoms with E-state index in [4.69, 9.17) is 14.2 Å². The van der Waals surface area contributed by atoms with Crippen LogP contribution >= 0.6 is 11.8 Å². The van der Waals surface area contributed by atoms with E-state index in [1.165, 1.54) is 20.8 Å². The molecule has 1 saturated heterocycles. The summed E-state index contributed by atoms with van der Waals surface area (Å²) in [7, 11) is 0. The molecule has 1 rings (SSSR count). The van der Waals surface area contributed by atoms with Gasteiger partial charge in [0.1, 0.15) is 5.44 Å². The second-order valence-electron chi connectivity index (χ2n) is 4.02. The van der Waals surface area contributed by atoms with Crippen LogP contribution in [-0.2, 0) is 28.6 Å². The minimum Gasteiger partial charge on any atom is -0.458 e. The fourth-order valence-electron chi connectivity index (χ4n) is 1.72. The lowest BCUT2D eigenvalue weighted by Gasteiger charge is -2.38. The molecule has 0 aliphatic carbocycles. The van der Waals surface area contributed by atoms with Crippen molar-refractivity contribution in [3.8, 4) is 0 Å². The summed E-state index contributed by atoms with van der Waals surface area (Å²) >= 11 is 1.06. The van der Waals surface area contributed by atoms with Crippen LogP contribution in [0.3, 0.4) is 0 Å². The number of rotatable bonds is 3. The maximum Gasteiger partial charge on any atom is 0.303 e. The van der Waals surface area contributed by atoms with Crippen LogP contribution in [0.4, 0.5) is 0 Å². The Morgan fingerprint density at radius 2 is 1.42 bits per heavy atom. The van der Waals surface area contributed by atoms with Crippen LogP contribution in [0.5, 0.6) is 0 Å². The SMILES string of the molecule is CC(=O)O[C@H]1[C@H](OC(C)=O)CSC(O)[C@@H]1OC(C)=O. The van der Waals surface area contributed by atoms with Gasteiger partial charge in [0.25, 0.3) is 0 Å². The molecule has 0 aromatic rings. The lowest BCUT2D eigenvalue weighted by Crippen LogP contribution is -2.54. The number of carbonyl (C=O) groups excluding carboxylic acids is 3. The van der Waals surface area contributed by atoms with Gasteiger partial charge < -0.3 is 19.3 Å². The quantitative estimate of drug-likeness (QED) is 0.566. The molecule has 1 N–H and O–H groups in total. The summed E-state index contributed by atoms with van der Waals surface area (Å²) in [5.41, 5.74) is -1.04. The number of aliphatic hydroxyl groups excluding tert-OH is 1. The highest BCUT2D eigenvalue weighted by molar-refractivity contribution is 7.99. The van der Waals surface area contributed by atoms with Gasteiger partial charge in [-0.05, 0) is 0 Å². The topological polar surface area (TPSA) is 99.1 Å². The van der Waals surface area contributed by atoms with Gasteiger partial charge in [-0.25, -0.2) is 0 Å². The van der Waals surface area contributed by atoms with Gasteiger partial charge >= 0.3 is 17.9 Å². The molecule has 7 nitrogen and oxygen atoms in total. The van der Waals surface area contributed by atoms with Crippen molar-refractivity contribution in [1.82, 2.24) is 0 Å². The molecule has 1 unspecified atom stereocenters.